The quantitative estimate of drug-likeness (QED) is 0.312. The van der Waals surface area contributed by atoms with Gasteiger partial charge in [-0.15, -0.1) is 0 Å². The normalized spacial score (nSPS) is 6.56. The van der Waals surface area contributed by atoms with Gasteiger partial charge in [-0.25, -0.2) is 4.57 Å². The van der Waals surface area contributed by atoms with Gasteiger partial charge in [-0.1, -0.05) is 0 Å². The monoisotopic (exact) mass is 240 g/mol. The van der Waals surface area contributed by atoms with Crippen LogP contribution in [0.1, 0.15) is 2.85 Å². The van der Waals surface area contributed by atoms with E-state index in [1.165, 1.54) is 0 Å². The van der Waals surface area contributed by atoms with Gasteiger partial charge in [-0.05, 0) is 0 Å². The Morgan fingerprint density at radius 2 is 1.11 bits per heavy atom. The van der Waals surface area contributed by atoms with E-state index in [0.717, 1.165) is 0 Å². The minimum atomic E-state index is -4.64. The number of phosphoric acid groups is 1. The zero-order valence-electron chi connectivity index (χ0n) is 6.61. The summed E-state index contributed by atoms with van der Waals surface area (Å²) in [5, 5.41) is 0. The molecule has 9 heteroatoms. The maximum atomic E-state index is 8.88. The second kappa shape index (κ2) is 12.6. The van der Waals surface area contributed by atoms with Crippen molar-refractivity contribution in [2.75, 3.05) is 0 Å². The molecule has 0 spiro atoms. The fraction of sp³-hybridized carbons (Fsp3) is 0. The standard InChI is InChI=1S/Ca.H3O4P.2H2O.Zn.2H/c;1-5(2,3)4;;;;;/h;(H3,1,2,3,4);2*1H2;;;/q+2;;;;;2*-1. The Kier molecular flexibility index (Phi) is 42.9. The minimum absolute atomic E-state index is 0. The van der Waals surface area contributed by atoms with Crippen molar-refractivity contribution in [1.29, 1.82) is 0 Å². The maximum Gasteiger partial charge on any atom is 2.00 e. The van der Waals surface area contributed by atoms with E-state index in [4.69, 9.17) is 19.2 Å². The Hall–Kier alpha value is 1.91. The summed E-state index contributed by atoms with van der Waals surface area (Å²) in [7, 11) is -4.64. The van der Waals surface area contributed by atoms with Crippen molar-refractivity contribution >= 4 is 45.6 Å². The summed E-state index contributed by atoms with van der Waals surface area (Å²) in [5.41, 5.74) is 0. The molecule has 9 heavy (non-hydrogen) atoms. The number of hydrogen-bond donors (Lipinski definition) is 3. The van der Waals surface area contributed by atoms with Crippen molar-refractivity contribution in [3.8, 4) is 0 Å². The maximum absolute atomic E-state index is 8.88. The summed E-state index contributed by atoms with van der Waals surface area (Å²) in [6.45, 7) is 0. The molecule has 0 aromatic carbocycles. The Labute approximate surface area is 97.2 Å². The van der Waals surface area contributed by atoms with Crippen molar-refractivity contribution in [2.45, 2.75) is 0 Å². The van der Waals surface area contributed by atoms with E-state index in [1.54, 1.807) is 0 Å². The van der Waals surface area contributed by atoms with E-state index in [9.17, 15) is 0 Å². The third-order valence-electron chi connectivity index (χ3n) is 0. The Bertz CT molecular complexity index is 66.7. The van der Waals surface area contributed by atoms with Crippen LogP contribution in [0.25, 0.3) is 0 Å². The molecule has 0 saturated carbocycles. The van der Waals surface area contributed by atoms with Gasteiger partial charge in [0.05, 0.1) is 0 Å². The van der Waals surface area contributed by atoms with Crippen LogP contribution in [0, 0.1) is 0 Å². The van der Waals surface area contributed by atoms with Gasteiger partial charge >= 0.3 is 45.6 Å². The van der Waals surface area contributed by atoms with E-state index in [2.05, 4.69) is 0 Å². The largest absolute Gasteiger partial charge is 2.00 e. The Morgan fingerprint density at radius 1 is 1.11 bits per heavy atom. The Balaban J connectivity index is -0.00000000533. The summed E-state index contributed by atoms with van der Waals surface area (Å²) >= 11 is 0. The summed E-state index contributed by atoms with van der Waals surface area (Å²) < 4.78 is 8.88. The third-order valence-corrected chi connectivity index (χ3v) is 0. The molecule has 54 valence electrons. The summed E-state index contributed by atoms with van der Waals surface area (Å²) in [5.74, 6) is 0. The molecule has 0 atom stereocenters. The first kappa shape index (κ1) is 30.7. The van der Waals surface area contributed by atoms with E-state index >= 15 is 0 Å². The fourth-order valence-corrected chi connectivity index (χ4v) is 0. The molecule has 0 heterocycles. The van der Waals surface area contributed by atoms with Crippen molar-refractivity contribution in [3.05, 3.63) is 0 Å². The zero-order valence-corrected chi connectivity index (χ0v) is 10.7. The zero-order chi connectivity index (χ0) is 4.50. The predicted octanol–water partition coefficient (Wildman–Crippen LogP) is -2.74. The molecular weight excluding hydrogens is 232 g/mol. The molecule has 0 bridgehead atoms. The van der Waals surface area contributed by atoms with Crippen LogP contribution in [0.5, 0.6) is 0 Å². The van der Waals surface area contributed by atoms with Gasteiger partial charge in [0.2, 0.25) is 0 Å². The summed E-state index contributed by atoms with van der Waals surface area (Å²) in [6, 6.07) is 0. The van der Waals surface area contributed by atoms with Gasteiger partial charge in [-0.2, -0.15) is 0 Å². The van der Waals surface area contributed by atoms with Crippen LogP contribution in [0.4, 0.5) is 0 Å². The number of hydrogen-bond acceptors (Lipinski definition) is 1. The molecule has 0 saturated heterocycles. The molecule has 0 aliphatic carbocycles. The first-order valence-electron chi connectivity index (χ1n) is 0.783. The molecule has 0 unspecified atom stereocenters. The van der Waals surface area contributed by atoms with Gasteiger partial charge in [0.25, 0.3) is 0 Å². The molecule has 0 aliphatic heterocycles. The van der Waals surface area contributed by atoms with Gasteiger partial charge in [0.1, 0.15) is 0 Å². The molecule has 0 radical (unpaired) electrons. The van der Waals surface area contributed by atoms with Gasteiger partial charge in [-0.3, -0.25) is 0 Å². The number of rotatable bonds is 0. The second-order valence-corrected chi connectivity index (χ2v) is 1.54. The molecule has 6 nitrogen and oxygen atoms in total. The molecular formula is H9CaO6PZn. The van der Waals surface area contributed by atoms with Crippen molar-refractivity contribution in [3.63, 3.8) is 0 Å². The summed E-state index contributed by atoms with van der Waals surface area (Å²) in [6.07, 6.45) is 0. The van der Waals surface area contributed by atoms with Crippen LogP contribution in [0.15, 0.2) is 0 Å². The van der Waals surface area contributed by atoms with Crippen molar-refractivity contribution in [2.24, 2.45) is 0 Å². The van der Waals surface area contributed by atoms with E-state index in [0.29, 0.717) is 0 Å². The predicted molar refractivity (Wildman–Crippen MR) is 29.5 cm³/mol. The van der Waals surface area contributed by atoms with Crippen LogP contribution in [-0.4, -0.2) is 63.4 Å². The molecule has 0 fully saturated rings. The molecule has 0 rings (SSSR count). The summed E-state index contributed by atoms with van der Waals surface area (Å²) in [4.78, 5) is 21.6. The SMILES string of the molecule is O.O.O=P(O)(O)O.[Ca+2].[H-].[H-].[Zn]. The van der Waals surface area contributed by atoms with Gasteiger partial charge < -0.3 is 28.5 Å². The fourth-order valence-electron chi connectivity index (χ4n) is 0. The minimum Gasteiger partial charge on any atom is -1.00 e. The van der Waals surface area contributed by atoms with E-state index in [1.807, 2.05) is 0 Å². The van der Waals surface area contributed by atoms with Crippen LogP contribution in [-0.2, 0) is 24.0 Å². The van der Waals surface area contributed by atoms with E-state index in [-0.39, 0.29) is 71.0 Å². The van der Waals surface area contributed by atoms with Gasteiger partial charge in [0, 0.05) is 19.5 Å². The molecule has 7 N–H and O–H groups in total. The van der Waals surface area contributed by atoms with Crippen molar-refractivity contribution in [1.82, 2.24) is 0 Å². The van der Waals surface area contributed by atoms with Crippen LogP contribution >= 0.6 is 7.82 Å². The molecule has 0 amide bonds. The molecule has 0 aromatic rings. The van der Waals surface area contributed by atoms with Gasteiger partial charge in [0.15, 0.2) is 0 Å². The second-order valence-electron chi connectivity index (χ2n) is 0.513. The average Bonchev–Trinajstić information content (AvgIpc) is 0.722. The van der Waals surface area contributed by atoms with Crippen LogP contribution in [0.3, 0.4) is 0 Å². The first-order valence-corrected chi connectivity index (χ1v) is 2.35. The first-order chi connectivity index (χ1) is 2.00. The molecule has 0 aromatic heterocycles. The smallest absolute Gasteiger partial charge is 1.00 e. The van der Waals surface area contributed by atoms with Crippen LogP contribution < -0.4 is 0 Å². The van der Waals surface area contributed by atoms with Crippen molar-refractivity contribution < 1.29 is 52.5 Å². The molecule has 0 aliphatic rings. The third kappa shape index (κ3) is 170. The average molecular weight is 242 g/mol. The van der Waals surface area contributed by atoms with E-state index < -0.39 is 7.82 Å². The van der Waals surface area contributed by atoms with Crippen LogP contribution in [0.2, 0.25) is 0 Å². The topological polar surface area (TPSA) is 141 Å². The Morgan fingerprint density at radius 3 is 1.11 bits per heavy atom.